The molecule has 29 heavy (non-hydrogen) atoms. The highest BCUT2D eigenvalue weighted by atomic mass is 35.5. The fourth-order valence-corrected chi connectivity index (χ4v) is 2.95. The topological polar surface area (TPSA) is 65.1 Å². The minimum Gasteiger partial charge on any atom is -0.492 e. The van der Waals surface area contributed by atoms with E-state index in [0.29, 0.717) is 41.9 Å². The van der Waals surface area contributed by atoms with Crippen LogP contribution in [-0.4, -0.2) is 42.3 Å². The lowest BCUT2D eigenvalue weighted by Crippen LogP contribution is -2.39. The van der Waals surface area contributed by atoms with Gasteiger partial charge in [0.05, 0.1) is 22.6 Å². The van der Waals surface area contributed by atoms with E-state index in [1.807, 2.05) is 41.5 Å². The van der Waals surface area contributed by atoms with E-state index >= 15 is 0 Å². The van der Waals surface area contributed by atoms with Crippen molar-refractivity contribution >= 4 is 23.5 Å². The standard InChI is InChI=1S/C22H32ClNO5/c1-21(2,3)20(26)29-24-11-9-15(10-12-24)14-27-18-8-7-16(13-17(18)23)19(25)28-22(4,5)6/h7-8,13,15H,9-12,14H2,1-6H3. The number of carbonyl (C=O) groups is 2. The average molecular weight is 426 g/mol. The van der Waals surface area contributed by atoms with Crippen molar-refractivity contribution in [3.8, 4) is 5.75 Å². The van der Waals surface area contributed by atoms with Gasteiger partial charge in [0.15, 0.2) is 0 Å². The van der Waals surface area contributed by atoms with Gasteiger partial charge >= 0.3 is 11.9 Å². The van der Waals surface area contributed by atoms with E-state index in [1.165, 1.54) is 0 Å². The number of hydrogen-bond donors (Lipinski definition) is 0. The largest absolute Gasteiger partial charge is 0.492 e. The Kier molecular flexibility index (Phi) is 7.57. The van der Waals surface area contributed by atoms with Crippen LogP contribution in [0, 0.1) is 11.3 Å². The van der Waals surface area contributed by atoms with Crippen LogP contribution in [-0.2, 0) is 14.4 Å². The summed E-state index contributed by atoms with van der Waals surface area (Å²) < 4.78 is 11.2. The Morgan fingerprint density at radius 3 is 2.24 bits per heavy atom. The predicted octanol–water partition coefficient (Wildman–Crippen LogP) is 4.89. The van der Waals surface area contributed by atoms with E-state index in [-0.39, 0.29) is 5.97 Å². The van der Waals surface area contributed by atoms with Gasteiger partial charge in [0.1, 0.15) is 11.4 Å². The molecule has 0 atom stereocenters. The minimum absolute atomic E-state index is 0.218. The molecule has 0 saturated carbocycles. The fraction of sp³-hybridized carbons (Fsp3) is 0.636. The number of hydroxylamine groups is 2. The Morgan fingerprint density at radius 1 is 1.10 bits per heavy atom. The highest BCUT2D eigenvalue weighted by Gasteiger charge is 2.28. The highest BCUT2D eigenvalue weighted by molar-refractivity contribution is 6.32. The molecule has 0 unspecified atom stereocenters. The van der Waals surface area contributed by atoms with Gasteiger partial charge in [-0.15, -0.1) is 5.06 Å². The Bertz CT molecular complexity index is 728. The predicted molar refractivity (Wildman–Crippen MR) is 112 cm³/mol. The average Bonchev–Trinajstić information content (AvgIpc) is 2.59. The third-order valence-corrected chi connectivity index (χ3v) is 4.73. The van der Waals surface area contributed by atoms with Gasteiger partial charge in [-0.25, -0.2) is 9.59 Å². The van der Waals surface area contributed by atoms with Gasteiger partial charge in [0, 0.05) is 13.1 Å². The molecule has 6 nitrogen and oxygen atoms in total. The van der Waals surface area contributed by atoms with E-state index in [4.69, 9.17) is 25.9 Å². The number of carbonyl (C=O) groups excluding carboxylic acids is 2. The lowest BCUT2D eigenvalue weighted by molar-refractivity contribution is -0.206. The highest BCUT2D eigenvalue weighted by Crippen LogP contribution is 2.28. The minimum atomic E-state index is -0.561. The molecule has 0 amide bonds. The molecule has 1 aliphatic rings. The van der Waals surface area contributed by atoms with Gasteiger partial charge in [-0.3, -0.25) is 0 Å². The normalized spacial score (nSPS) is 16.4. The maximum absolute atomic E-state index is 12.1. The molecule has 0 spiro atoms. The first-order chi connectivity index (χ1) is 13.3. The number of halogens is 1. The quantitative estimate of drug-likeness (QED) is 0.626. The SMILES string of the molecule is CC(C)(C)OC(=O)c1ccc(OCC2CCN(OC(=O)C(C)(C)C)CC2)c(Cl)c1. The van der Waals surface area contributed by atoms with Crippen LogP contribution in [0.2, 0.25) is 5.02 Å². The van der Waals surface area contributed by atoms with Crippen molar-refractivity contribution in [3.63, 3.8) is 0 Å². The summed E-state index contributed by atoms with van der Waals surface area (Å²) in [6, 6.07) is 4.92. The molecule has 2 rings (SSSR count). The maximum Gasteiger partial charge on any atom is 0.338 e. The van der Waals surface area contributed by atoms with Gasteiger partial charge < -0.3 is 14.3 Å². The van der Waals surface area contributed by atoms with Gasteiger partial charge in [-0.1, -0.05) is 11.6 Å². The molecule has 0 N–H and O–H groups in total. The Balaban J connectivity index is 1.82. The van der Waals surface area contributed by atoms with Crippen molar-refractivity contribution in [2.45, 2.75) is 60.0 Å². The number of esters is 1. The van der Waals surface area contributed by atoms with E-state index in [9.17, 15) is 9.59 Å². The van der Waals surface area contributed by atoms with Crippen molar-refractivity contribution in [3.05, 3.63) is 28.8 Å². The van der Waals surface area contributed by atoms with Gasteiger partial charge in [0.2, 0.25) is 0 Å². The number of piperidine rings is 1. The first-order valence-electron chi connectivity index (χ1n) is 9.98. The maximum atomic E-state index is 12.1. The Labute approximate surface area is 178 Å². The van der Waals surface area contributed by atoms with Crippen molar-refractivity contribution in [2.75, 3.05) is 19.7 Å². The number of rotatable bonds is 5. The second-order valence-electron chi connectivity index (χ2n) is 9.46. The van der Waals surface area contributed by atoms with Crippen LogP contribution >= 0.6 is 11.6 Å². The summed E-state index contributed by atoms with van der Waals surface area (Å²) in [5.74, 6) is 0.258. The molecule has 162 valence electrons. The number of nitrogens with zero attached hydrogens (tertiary/aromatic N) is 1. The molecule has 1 fully saturated rings. The fourth-order valence-electron chi connectivity index (χ4n) is 2.71. The molecular formula is C22H32ClNO5. The van der Waals surface area contributed by atoms with Crippen molar-refractivity contribution in [1.82, 2.24) is 5.06 Å². The molecule has 0 bridgehead atoms. The van der Waals surface area contributed by atoms with Crippen molar-refractivity contribution in [1.29, 1.82) is 0 Å². The number of ether oxygens (including phenoxy) is 2. The van der Waals surface area contributed by atoms with E-state index in [0.717, 1.165) is 12.8 Å². The first kappa shape index (κ1) is 23.5. The van der Waals surface area contributed by atoms with Crippen LogP contribution in [0.25, 0.3) is 0 Å². The first-order valence-corrected chi connectivity index (χ1v) is 10.4. The molecule has 1 saturated heterocycles. The summed E-state index contributed by atoms with van der Waals surface area (Å²) in [5, 5.41) is 2.11. The van der Waals surface area contributed by atoms with Gasteiger partial charge in [0.25, 0.3) is 0 Å². The lowest BCUT2D eigenvalue weighted by atomic mass is 9.97. The molecular weight excluding hydrogens is 394 g/mol. The van der Waals surface area contributed by atoms with Gasteiger partial charge in [-0.2, -0.15) is 0 Å². The van der Waals surface area contributed by atoms with Crippen LogP contribution in [0.15, 0.2) is 18.2 Å². The third-order valence-electron chi connectivity index (χ3n) is 4.44. The third kappa shape index (κ3) is 7.52. The van der Waals surface area contributed by atoms with Crippen molar-refractivity contribution < 1.29 is 23.9 Å². The van der Waals surface area contributed by atoms with Crippen LogP contribution in [0.3, 0.4) is 0 Å². The zero-order valence-electron chi connectivity index (χ0n) is 18.2. The Morgan fingerprint density at radius 2 is 1.72 bits per heavy atom. The van der Waals surface area contributed by atoms with Crippen LogP contribution in [0.4, 0.5) is 0 Å². The molecule has 1 aromatic rings. The molecule has 1 aliphatic heterocycles. The molecule has 0 aromatic heterocycles. The van der Waals surface area contributed by atoms with Crippen LogP contribution in [0.1, 0.15) is 64.7 Å². The molecule has 0 aliphatic carbocycles. The number of benzene rings is 1. The number of hydrogen-bond acceptors (Lipinski definition) is 6. The van der Waals surface area contributed by atoms with Crippen LogP contribution < -0.4 is 4.74 Å². The van der Waals surface area contributed by atoms with Crippen molar-refractivity contribution in [2.24, 2.45) is 11.3 Å². The van der Waals surface area contributed by atoms with E-state index in [2.05, 4.69) is 0 Å². The molecule has 1 heterocycles. The second-order valence-corrected chi connectivity index (χ2v) is 9.87. The summed E-state index contributed by atoms with van der Waals surface area (Å²) in [5.41, 5.74) is -0.678. The summed E-state index contributed by atoms with van der Waals surface area (Å²) in [4.78, 5) is 29.6. The molecule has 7 heteroatoms. The van der Waals surface area contributed by atoms with E-state index < -0.39 is 17.0 Å². The summed E-state index contributed by atoms with van der Waals surface area (Å²) in [6.45, 7) is 12.9. The molecule has 0 radical (unpaired) electrons. The monoisotopic (exact) mass is 425 g/mol. The van der Waals surface area contributed by atoms with E-state index in [1.54, 1.807) is 23.3 Å². The summed E-state index contributed by atoms with van der Waals surface area (Å²) in [6.07, 6.45) is 1.73. The summed E-state index contributed by atoms with van der Waals surface area (Å²) in [7, 11) is 0. The van der Waals surface area contributed by atoms with Crippen LogP contribution in [0.5, 0.6) is 5.75 Å². The Hall–Kier alpha value is -1.79. The second kappa shape index (κ2) is 9.35. The lowest BCUT2D eigenvalue weighted by Gasteiger charge is -2.32. The smallest absolute Gasteiger partial charge is 0.338 e. The summed E-state index contributed by atoms with van der Waals surface area (Å²) >= 11 is 6.29. The zero-order valence-corrected chi connectivity index (χ0v) is 19.0. The van der Waals surface area contributed by atoms with Gasteiger partial charge in [-0.05, 0) is 78.5 Å². The molecule has 1 aromatic carbocycles. The zero-order chi connectivity index (χ0) is 21.8.